The Bertz CT molecular complexity index is 548. The van der Waals surface area contributed by atoms with Crippen LogP contribution in [0.2, 0.25) is 10.0 Å². The number of nitrogens with two attached hydrogens (primary N) is 1. The van der Waals surface area contributed by atoms with Crippen LogP contribution in [0.1, 0.15) is 5.01 Å². The molecule has 0 radical (unpaired) electrons. The Hall–Kier alpha value is -1.10. The van der Waals surface area contributed by atoms with Crippen LogP contribution < -0.4 is 5.73 Å². The minimum atomic E-state index is -0.393. The minimum Gasteiger partial charge on any atom is -0.369 e. The van der Waals surface area contributed by atoms with E-state index in [0.717, 1.165) is 11.3 Å². The SMILES string of the molecule is NC(=O)Cc1nc(-c2cc(Cl)cc(Cl)c2)cs1. The van der Waals surface area contributed by atoms with Gasteiger partial charge in [-0.3, -0.25) is 4.79 Å². The molecular formula is C11H8Cl2N2OS. The number of hydrogen-bond acceptors (Lipinski definition) is 3. The molecule has 17 heavy (non-hydrogen) atoms. The van der Waals surface area contributed by atoms with Gasteiger partial charge in [0, 0.05) is 21.0 Å². The van der Waals surface area contributed by atoms with Gasteiger partial charge in [-0.25, -0.2) is 4.98 Å². The van der Waals surface area contributed by atoms with E-state index in [9.17, 15) is 4.79 Å². The highest BCUT2D eigenvalue weighted by Gasteiger charge is 2.08. The van der Waals surface area contributed by atoms with Crippen LogP contribution in [0.15, 0.2) is 23.6 Å². The Morgan fingerprint density at radius 1 is 1.29 bits per heavy atom. The van der Waals surface area contributed by atoms with Crippen molar-refractivity contribution in [3.05, 3.63) is 38.6 Å². The van der Waals surface area contributed by atoms with E-state index in [1.165, 1.54) is 11.3 Å². The molecule has 1 heterocycles. The number of halogens is 2. The van der Waals surface area contributed by atoms with Crippen molar-refractivity contribution in [1.82, 2.24) is 4.98 Å². The molecule has 0 bridgehead atoms. The second-order valence-corrected chi connectivity index (χ2v) is 5.24. The number of benzene rings is 1. The van der Waals surface area contributed by atoms with Crippen molar-refractivity contribution in [1.29, 1.82) is 0 Å². The summed E-state index contributed by atoms with van der Waals surface area (Å²) in [4.78, 5) is 15.1. The molecule has 0 aliphatic heterocycles. The van der Waals surface area contributed by atoms with E-state index < -0.39 is 5.91 Å². The smallest absolute Gasteiger partial charge is 0.224 e. The highest BCUT2D eigenvalue weighted by atomic mass is 35.5. The number of primary amides is 1. The largest absolute Gasteiger partial charge is 0.369 e. The van der Waals surface area contributed by atoms with Crippen LogP contribution in [-0.2, 0) is 11.2 Å². The van der Waals surface area contributed by atoms with Gasteiger partial charge in [0.1, 0.15) is 5.01 Å². The predicted octanol–water partition coefficient (Wildman–Crippen LogP) is 3.14. The molecule has 2 rings (SSSR count). The van der Waals surface area contributed by atoms with Crippen LogP contribution in [0.3, 0.4) is 0 Å². The highest BCUT2D eigenvalue weighted by Crippen LogP contribution is 2.28. The maximum atomic E-state index is 10.8. The molecule has 0 saturated heterocycles. The van der Waals surface area contributed by atoms with Gasteiger partial charge in [0.15, 0.2) is 0 Å². The number of hydrogen-bond donors (Lipinski definition) is 1. The first-order chi connectivity index (χ1) is 8.04. The molecule has 0 atom stereocenters. The lowest BCUT2D eigenvalue weighted by Crippen LogP contribution is -2.13. The molecule has 0 aliphatic carbocycles. The predicted molar refractivity (Wildman–Crippen MR) is 70.5 cm³/mol. The third kappa shape index (κ3) is 3.19. The van der Waals surface area contributed by atoms with Crippen LogP contribution >= 0.6 is 34.5 Å². The van der Waals surface area contributed by atoms with Crippen molar-refractivity contribution in [2.24, 2.45) is 5.73 Å². The third-order valence-electron chi connectivity index (χ3n) is 2.04. The number of carbonyl (C=O) groups excluding carboxylic acids is 1. The Kier molecular flexibility index (Phi) is 3.66. The normalized spacial score (nSPS) is 10.5. The molecule has 0 spiro atoms. The maximum Gasteiger partial charge on any atom is 0.224 e. The summed E-state index contributed by atoms with van der Waals surface area (Å²) < 4.78 is 0. The molecular weight excluding hydrogens is 279 g/mol. The van der Waals surface area contributed by atoms with E-state index >= 15 is 0 Å². The number of amides is 1. The number of rotatable bonds is 3. The van der Waals surface area contributed by atoms with E-state index in [0.29, 0.717) is 15.1 Å². The second-order valence-electron chi connectivity index (χ2n) is 3.43. The lowest BCUT2D eigenvalue weighted by molar-refractivity contribution is -0.117. The van der Waals surface area contributed by atoms with Gasteiger partial charge in [-0.2, -0.15) is 0 Å². The molecule has 2 aromatic rings. The van der Waals surface area contributed by atoms with Crippen molar-refractivity contribution in [2.45, 2.75) is 6.42 Å². The summed E-state index contributed by atoms with van der Waals surface area (Å²) in [5.74, 6) is -0.393. The van der Waals surface area contributed by atoms with E-state index in [1.807, 2.05) is 5.38 Å². The molecule has 2 N–H and O–H groups in total. The topological polar surface area (TPSA) is 56.0 Å². The van der Waals surface area contributed by atoms with E-state index in [4.69, 9.17) is 28.9 Å². The van der Waals surface area contributed by atoms with Crippen molar-refractivity contribution >= 4 is 40.4 Å². The van der Waals surface area contributed by atoms with Crippen LogP contribution in [0.4, 0.5) is 0 Å². The van der Waals surface area contributed by atoms with Gasteiger partial charge < -0.3 is 5.73 Å². The lowest BCUT2D eigenvalue weighted by Gasteiger charge is -1.99. The van der Waals surface area contributed by atoms with Gasteiger partial charge >= 0.3 is 0 Å². The fraction of sp³-hybridized carbons (Fsp3) is 0.0909. The fourth-order valence-electron chi connectivity index (χ4n) is 1.38. The Morgan fingerprint density at radius 2 is 1.94 bits per heavy atom. The number of aromatic nitrogens is 1. The van der Waals surface area contributed by atoms with Crippen LogP contribution in [0.25, 0.3) is 11.3 Å². The maximum absolute atomic E-state index is 10.8. The summed E-state index contributed by atoms with van der Waals surface area (Å²) >= 11 is 13.2. The quantitative estimate of drug-likeness (QED) is 0.942. The van der Waals surface area contributed by atoms with Crippen molar-refractivity contribution in [2.75, 3.05) is 0 Å². The summed E-state index contributed by atoms with van der Waals surface area (Å²) in [5, 5.41) is 3.64. The first-order valence-corrected chi connectivity index (χ1v) is 6.37. The first kappa shape index (κ1) is 12.4. The average Bonchev–Trinajstić information content (AvgIpc) is 2.63. The van der Waals surface area contributed by atoms with Crippen molar-refractivity contribution < 1.29 is 4.79 Å². The van der Waals surface area contributed by atoms with Crippen molar-refractivity contribution in [3.63, 3.8) is 0 Å². The lowest BCUT2D eigenvalue weighted by atomic mass is 10.2. The summed E-state index contributed by atoms with van der Waals surface area (Å²) in [5.41, 5.74) is 6.68. The zero-order chi connectivity index (χ0) is 12.4. The van der Waals surface area contributed by atoms with Gasteiger partial charge in [-0.1, -0.05) is 23.2 Å². The average molecular weight is 287 g/mol. The molecule has 0 fully saturated rings. The molecule has 3 nitrogen and oxygen atoms in total. The van der Waals surface area contributed by atoms with Gasteiger partial charge in [0.05, 0.1) is 12.1 Å². The molecule has 6 heteroatoms. The van der Waals surface area contributed by atoms with Crippen LogP contribution in [0, 0.1) is 0 Å². The van der Waals surface area contributed by atoms with Crippen LogP contribution in [-0.4, -0.2) is 10.9 Å². The monoisotopic (exact) mass is 286 g/mol. The van der Waals surface area contributed by atoms with Gasteiger partial charge in [0.25, 0.3) is 0 Å². The second kappa shape index (κ2) is 5.04. The summed E-state index contributed by atoms with van der Waals surface area (Å²) in [7, 11) is 0. The van der Waals surface area contributed by atoms with Crippen LogP contribution in [0.5, 0.6) is 0 Å². The molecule has 1 aromatic heterocycles. The zero-order valence-electron chi connectivity index (χ0n) is 8.61. The Balaban J connectivity index is 2.33. The Labute approximate surface area is 112 Å². The Morgan fingerprint density at radius 3 is 2.53 bits per heavy atom. The number of nitrogens with zero attached hydrogens (tertiary/aromatic N) is 1. The molecule has 0 saturated carbocycles. The summed E-state index contributed by atoms with van der Waals surface area (Å²) in [6, 6.07) is 5.20. The molecule has 0 aliphatic rings. The fourth-order valence-corrected chi connectivity index (χ4v) is 2.71. The minimum absolute atomic E-state index is 0.152. The number of thiazole rings is 1. The molecule has 1 amide bonds. The molecule has 0 unspecified atom stereocenters. The van der Waals surface area contributed by atoms with Gasteiger partial charge in [0.2, 0.25) is 5.91 Å². The van der Waals surface area contributed by atoms with Crippen molar-refractivity contribution in [3.8, 4) is 11.3 Å². The standard InChI is InChI=1S/C11H8Cl2N2OS/c12-7-1-6(2-8(13)3-7)9-5-17-11(15-9)4-10(14)16/h1-3,5H,4H2,(H2,14,16). The van der Waals surface area contributed by atoms with Gasteiger partial charge in [-0.15, -0.1) is 11.3 Å². The van der Waals surface area contributed by atoms with E-state index in [2.05, 4.69) is 4.98 Å². The number of carbonyl (C=O) groups is 1. The third-order valence-corrected chi connectivity index (χ3v) is 3.32. The summed E-state index contributed by atoms with van der Waals surface area (Å²) in [6.45, 7) is 0. The summed E-state index contributed by atoms with van der Waals surface area (Å²) in [6.07, 6.45) is 0.152. The van der Waals surface area contributed by atoms with E-state index in [-0.39, 0.29) is 6.42 Å². The first-order valence-electron chi connectivity index (χ1n) is 4.74. The van der Waals surface area contributed by atoms with Gasteiger partial charge in [-0.05, 0) is 18.2 Å². The van der Waals surface area contributed by atoms with E-state index in [1.54, 1.807) is 18.2 Å². The molecule has 88 valence electrons. The molecule has 1 aromatic carbocycles. The zero-order valence-corrected chi connectivity index (χ0v) is 10.9. The highest BCUT2D eigenvalue weighted by molar-refractivity contribution is 7.10.